The van der Waals surface area contributed by atoms with Gasteiger partial charge in [-0.2, -0.15) is 0 Å². The molecule has 1 amide bonds. The summed E-state index contributed by atoms with van der Waals surface area (Å²) in [6.45, 7) is 6.42. The smallest absolute Gasteiger partial charge is 0.251 e. The lowest BCUT2D eigenvalue weighted by molar-refractivity contribution is 0.0926. The Labute approximate surface area is 115 Å². The number of hydrogen-bond acceptors (Lipinski definition) is 2. The highest BCUT2D eigenvalue weighted by Gasteiger charge is 2.32. The summed E-state index contributed by atoms with van der Waals surface area (Å²) in [6, 6.07) is 5.80. The van der Waals surface area contributed by atoms with Crippen molar-refractivity contribution in [3.8, 4) is 0 Å². The Morgan fingerprint density at radius 2 is 2.16 bits per heavy atom. The standard InChI is InChI=1S/C16H24N2O/c1-4-12-6-8-15(11(12)3)18-16(19)14-9-13(17)7-5-10(14)2/h5,7,9,11-12,15H,4,6,8,17H2,1-3H3,(H,18,19). The summed E-state index contributed by atoms with van der Waals surface area (Å²) in [6.07, 6.45) is 3.51. The van der Waals surface area contributed by atoms with Gasteiger partial charge in [0.25, 0.3) is 5.91 Å². The first-order chi connectivity index (χ1) is 9.02. The highest BCUT2D eigenvalue weighted by molar-refractivity contribution is 5.96. The van der Waals surface area contributed by atoms with Gasteiger partial charge in [-0.1, -0.05) is 26.3 Å². The van der Waals surface area contributed by atoms with Crippen LogP contribution in [0.4, 0.5) is 5.69 Å². The molecule has 1 aliphatic carbocycles. The monoisotopic (exact) mass is 260 g/mol. The third-order valence-corrected chi connectivity index (χ3v) is 4.57. The number of nitrogens with one attached hydrogen (secondary N) is 1. The van der Waals surface area contributed by atoms with E-state index in [9.17, 15) is 4.79 Å². The molecule has 0 bridgehead atoms. The zero-order chi connectivity index (χ0) is 14.0. The van der Waals surface area contributed by atoms with Gasteiger partial charge in [-0.05, 0) is 49.3 Å². The summed E-state index contributed by atoms with van der Waals surface area (Å²) in [5.41, 5.74) is 8.08. The molecule has 3 atom stereocenters. The van der Waals surface area contributed by atoms with E-state index in [-0.39, 0.29) is 5.91 Å². The number of carbonyl (C=O) groups is 1. The molecule has 0 spiro atoms. The SMILES string of the molecule is CCC1CCC(NC(=O)c2cc(N)ccc2C)C1C. The van der Waals surface area contributed by atoms with Crippen LogP contribution in [-0.4, -0.2) is 11.9 Å². The Bertz CT molecular complexity index is 470. The second-order valence-corrected chi connectivity index (χ2v) is 5.76. The van der Waals surface area contributed by atoms with Crippen LogP contribution in [0.5, 0.6) is 0 Å². The van der Waals surface area contributed by atoms with Gasteiger partial charge < -0.3 is 11.1 Å². The summed E-state index contributed by atoms with van der Waals surface area (Å²) >= 11 is 0. The number of amides is 1. The molecule has 1 aromatic carbocycles. The molecule has 0 aliphatic heterocycles. The maximum absolute atomic E-state index is 12.3. The first kappa shape index (κ1) is 13.9. The molecule has 3 heteroatoms. The van der Waals surface area contributed by atoms with Crippen LogP contribution in [-0.2, 0) is 0 Å². The van der Waals surface area contributed by atoms with Crippen LogP contribution >= 0.6 is 0 Å². The summed E-state index contributed by atoms with van der Waals surface area (Å²) in [5, 5.41) is 3.18. The molecule has 3 nitrogen and oxygen atoms in total. The van der Waals surface area contributed by atoms with Crippen LogP contribution in [0, 0.1) is 18.8 Å². The average Bonchev–Trinajstić information content (AvgIpc) is 2.73. The summed E-state index contributed by atoms with van der Waals surface area (Å²) in [7, 11) is 0. The van der Waals surface area contributed by atoms with Gasteiger partial charge in [-0.15, -0.1) is 0 Å². The molecule has 2 rings (SSSR count). The number of benzene rings is 1. The van der Waals surface area contributed by atoms with Crippen LogP contribution in [0.3, 0.4) is 0 Å². The quantitative estimate of drug-likeness (QED) is 0.820. The minimum Gasteiger partial charge on any atom is -0.399 e. The lowest BCUT2D eigenvalue weighted by Gasteiger charge is -2.21. The van der Waals surface area contributed by atoms with E-state index in [2.05, 4.69) is 19.2 Å². The molecule has 1 aromatic rings. The second-order valence-electron chi connectivity index (χ2n) is 5.76. The molecule has 0 saturated heterocycles. The second kappa shape index (κ2) is 5.64. The van der Waals surface area contributed by atoms with Crippen molar-refractivity contribution in [1.29, 1.82) is 0 Å². The molecule has 3 unspecified atom stereocenters. The normalized spacial score (nSPS) is 26.4. The van der Waals surface area contributed by atoms with Crippen molar-refractivity contribution in [2.75, 3.05) is 5.73 Å². The van der Waals surface area contributed by atoms with Crippen molar-refractivity contribution < 1.29 is 4.79 Å². The Kier molecular flexibility index (Phi) is 4.13. The van der Waals surface area contributed by atoms with Gasteiger partial charge in [0, 0.05) is 17.3 Å². The fourth-order valence-electron chi connectivity index (χ4n) is 3.16. The zero-order valence-corrected chi connectivity index (χ0v) is 12.1. The third kappa shape index (κ3) is 2.91. The Morgan fingerprint density at radius 1 is 1.42 bits per heavy atom. The molecule has 0 radical (unpaired) electrons. The highest BCUT2D eigenvalue weighted by Crippen LogP contribution is 2.34. The molecule has 0 aromatic heterocycles. The van der Waals surface area contributed by atoms with Gasteiger partial charge in [-0.25, -0.2) is 0 Å². The van der Waals surface area contributed by atoms with E-state index in [1.807, 2.05) is 19.1 Å². The number of anilines is 1. The van der Waals surface area contributed by atoms with Crippen molar-refractivity contribution in [3.05, 3.63) is 29.3 Å². The van der Waals surface area contributed by atoms with Crippen molar-refractivity contribution >= 4 is 11.6 Å². The van der Waals surface area contributed by atoms with Crippen LogP contribution in [0.15, 0.2) is 18.2 Å². The number of nitrogens with two attached hydrogens (primary N) is 1. The first-order valence-corrected chi connectivity index (χ1v) is 7.20. The van der Waals surface area contributed by atoms with Gasteiger partial charge in [0.05, 0.1) is 0 Å². The molecular weight excluding hydrogens is 236 g/mol. The lowest BCUT2D eigenvalue weighted by Crippen LogP contribution is -2.37. The fourth-order valence-corrected chi connectivity index (χ4v) is 3.16. The number of carbonyl (C=O) groups excluding carboxylic acids is 1. The minimum absolute atomic E-state index is 0.0124. The highest BCUT2D eigenvalue weighted by atomic mass is 16.1. The minimum atomic E-state index is 0.0124. The lowest BCUT2D eigenvalue weighted by atomic mass is 9.93. The number of nitrogen functional groups attached to an aromatic ring is 1. The van der Waals surface area contributed by atoms with Gasteiger partial charge in [0.15, 0.2) is 0 Å². The van der Waals surface area contributed by atoms with Crippen molar-refractivity contribution in [2.45, 2.75) is 46.1 Å². The van der Waals surface area contributed by atoms with E-state index in [1.165, 1.54) is 12.8 Å². The Balaban J connectivity index is 2.07. The first-order valence-electron chi connectivity index (χ1n) is 7.20. The van der Waals surface area contributed by atoms with Gasteiger partial charge in [-0.3, -0.25) is 4.79 Å². The number of aryl methyl sites for hydroxylation is 1. The number of rotatable bonds is 3. The number of hydrogen-bond donors (Lipinski definition) is 2. The maximum Gasteiger partial charge on any atom is 0.251 e. The van der Waals surface area contributed by atoms with Crippen molar-refractivity contribution in [2.24, 2.45) is 11.8 Å². The maximum atomic E-state index is 12.3. The Hall–Kier alpha value is -1.51. The molecule has 3 N–H and O–H groups in total. The van der Waals surface area contributed by atoms with E-state index in [4.69, 9.17) is 5.73 Å². The molecule has 19 heavy (non-hydrogen) atoms. The van der Waals surface area contributed by atoms with E-state index in [1.54, 1.807) is 6.07 Å². The van der Waals surface area contributed by atoms with E-state index in [0.717, 1.165) is 17.9 Å². The van der Waals surface area contributed by atoms with Gasteiger partial charge in [0.1, 0.15) is 0 Å². The fraction of sp³-hybridized carbons (Fsp3) is 0.562. The predicted octanol–water partition coefficient (Wildman–Crippen LogP) is 3.13. The summed E-state index contributed by atoms with van der Waals surface area (Å²) in [4.78, 5) is 12.3. The summed E-state index contributed by atoms with van der Waals surface area (Å²) in [5.74, 6) is 1.32. The van der Waals surface area contributed by atoms with Crippen molar-refractivity contribution in [1.82, 2.24) is 5.32 Å². The van der Waals surface area contributed by atoms with Crippen LogP contribution in [0.25, 0.3) is 0 Å². The van der Waals surface area contributed by atoms with Gasteiger partial charge in [0.2, 0.25) is 0 Å². The van der Waals surface area contributed by atoms with Crippen LogP contribution < -0.4 is 11.1 Å². The molecule has 1 fully saturated rings. The van der Waals surface area contributed by atoms with E-state index in [0.29, 0.717) is 23.2 Å². The molecule has 1 aliphatic rings. The van der Waals surface area contributed by atoms with Gasteiger partial charge >= 0.3 is 0 Å². The molecule has 104 valence electrons. The largest absolute Gasteiger partial charge is 0.399 e. The average molecular weight is 260 g/mol. The van der Waals surface area contributed by atoms with Crippen LogP contribution in [0.2, 0.25) is 0 Å². The molecular formula is C16H24N2O. The van der Waals surface area contributed by atoms with Crippen LogP contribution in [0.1, 0.15) is 49.0 Å². The summed E-state index contributed by atoms with van der Waals surface area (Å²) < 4.78 is 0. The Morgan fingerprint density at radius 3 is 2.79 bits per heavy atom. The zero-order valence-electron chi connectivity index (χ0n) is 12.1. The molecule has 1 saturated carbocycles. The van der Waals surface area contributed by atoms with E-state index < -0.39 is 0 Å². The predicted molar refractivity (Wildman–Crippen MR) is 79.0 cm³/mol. The van der Waals surface area contributed by atoms with Crippen molar-refractivity contribution in [3.63, 3.8) is 0 Å². The molecule has 0 heterocycles. The topological polar surface area (TPSA) is 55.1 Å². The third-order valence-electron chi connectivity index (χ3n) is 4.57. The van der Waals surface area contributed by atoms with E-state index >= 15 is 0 Å².